The zero-order valence-electron chi connectivity index (χ0n) is 14.1. The van der Waals surface area contributed by atoms with E-state index in [-0.39, 0.29) is 0 Å². The van der Waals surface area contributed by atoms with Gasteiger partial charge in [0, 0.05) is 10.0 Å². The number of hydrogen-bond acceptors (Lipinski definition) is 4. The number of hydrogen-bond donors (Lipinski definition) is 0. The molecule has 3 aromatic carbocycles. The molecule has 26 heavy (non-hydrogen) atoms. The number of nitrogens with zero attached hydrogens (tertiary/aromatic N) is 1. The molecular formula is C21H16BrNO2S. The molecule has 4 rings (SSSR count). The van der Waals surface area contributed by atoms with E-state index < -0.39 is 0 Å². The van der Waals surface area contributed by atoms with Crippen molar-refractivity contribution in [3.63, 3.8) is 0 Å². The van der Waals surface area contributed by atoms with Gasteiger partial charge in [-0.1, -0.05) is 46.3 Å². The molecule has 0 amide bonds. The summed E-state index contributed by atoms with van der Waals surface area (Å²) < 4.78 is 13.4. The van der Waals surface area contributed by atoms with Crippen LogP contribution in [0, 0.1) is 0 Å². The minimum atomic E-state index is 0.562. The van der Waals surface area contributed by atoms with Crippen LogP contribution >= 0.6 is 27.3 Å². The van der Waals surface area contributed by atoms with Crippen LogP contribution in [0.15, 0.2) is 71.2 Å². The molecule has 0 aliphatic heterocycles. The minimum absolute atomic E-state index is 0.562. The molecule has 130 valence electrons. The fraction of sp³-hybridized carbons (Fsp3) is 0.0952. The van der Waals surface area contributed by atoms with Crippen LogP contribution in [0.2, 0.25) is 0 Å². The number of methoxy groups -OCH3 is 1. The van der Waals surface area contributed by atoms with E-state index in [4.69, 9.17) is 14.5 Å². The Balaban J connectivity index is 1.56. The molecule has 1 heterocycles. The Morgan fingerprint density at radius 1 is 1.00 bits per heavy atom. The fourth-order valence-corrected chi connectivity index (χ4v) is 4.30. The van der Waals surface area contributed by atoms with Gasteiger partial charge in [-0.15, -0.1) is 11.3 Å². The normalized spacial score (nSPS) is 10.8. The average Bonchev–Trinajstić information content (AvgIpc) is 3.11. The molecule has 0 N–H and O–H groups in total. The summed E-state index contributed by atoms with van der Waals surface area (Å²) in [6, 6.07) is 22.2. The Kier molecular flexibility index (Phi) is 4.91. The van der Waals surface area contributed by atoms with Crippen molar-refractivity contribution in [3.8, 4) is 22.1 Å². The van der Waals surface area contributed by atoms with Crippen molar-refractivity contribution in [3.05, 3.63) is 76.8 Å². The molecule has 0 spiro atoms. The first-order valence-corrected chi connectivity index (χ1v) is 9.75. The molecule has 0 aliphatic rings. The van der Waals surface area contributed by atoms with Crippen molar-refractivity contribution in [2.24, 2.45) is 0 Å². The van der Waals surface area contributed by atoms with Crippen LogP contribution in [-0.2, 0) is 6.61 Å². The van der Waals surface area contributed by atoms with Crippen molar-refractivity contribution >= 4 is 37.5 Å². The highest BCUT2D eigenvalue weighted by Crippen LogP contribution is 2.37. The molecule has 0 atom stereocenters. The maximum absolute atomic E-state index is 5.85. The summed E-state index contributed by atoms with van der Waals surface area (Å²) >= 11 is 5.17. The molecule has 1 aromatic heterocycles. The molecule has 3 nitrogen and oxygen atoms in total. The van der Waals surface area contributed by atoms with E-state index in [0.29, 0.717) is 6.61 Å². The SMILES string of the molecule is COc1cc(Br)cc2sc(-c3ccc(OCc4ccccc4)cc3)nc12. The maximum atomic E-state index is 5.85. The molecule has 0 radical (unpaired) electrons. The number of aromatic nitrogens is 1. The maximum Gasteiger partial charge on any atom is 0.147 e. The highest BCUT2D eigenvalue weighted by molar-refractivity contribution is 9.10. The molecular weight excluding hydrogens is 410 g/mol. The van der Waals surface area contributed by atoms with Crippen LogP contribution in [0.25, 0.3) is 20.8 Å². The third-order valence-corrected chi connectivity index (χ3v) is 5.50. The van der Waals surface area contributed by atoms with Crippen LogP contribution in [0.3, 0.4) is 0 Å². The zero-order valence-corrected chi connectivity index (χ0v) is 16.5. The summed E-state index contributed by atoms with van der Waals surface area (Å²) in [4.78, 5) is 4.75. The van der Waals surface area contributed by atoms with Crippen LogP contribution in [0.5, 0.6) is 11.5 Å². The molecule has 0 bridgehead atoms. The predicted molar refractivity (Wildman–Crippen MR) is 110 cm³/mol. The Bertz CT molecular complexity index is 1030. The second-order valence-electron chi connectivity index (χ2n) is 5.77. The minimum Gasteiger partial charge on any atom is -0.494 e. The number of fused-ring (bicyclic) bond motifs is 1. The summed E-state index contributed by atoms with van der Waals surface area (Å²) in [6.07, 6.45) is 0. The summed E-state index contributed by atoms with van der Waals surface area (Å²) in [6.45, 7) is 0.562. The highest BCUT2D eigenvalue weighted by Gasteiger charge is 2.12. The van der Waals surface area contributed by atoms with E-state index in [1.54, 1.807) is 18.4 Å². The smallest absolute Gasteiger partial charge is 0.147 e. The quantitative estimate of drug-likeness (QED) is 0.375. The first-order chi connectivity index (χ1) is 12.7. The van der Waals surface area contributed by atoms with Crippen LogP contribution in [0.1, 0.15) is 5.56 Å². The van der Waals surface area contributed by atoms with Crippen LogP contribution in [-0.4, -0.2) is 12.1 Å². The van der Waals surface area contributed by atoms with Crippen molar-refractivity contribution in [1.82, 2.24) is 4.98 Å². The van der Waals surface area contributed by atoms with Gasteiger partial charge in [0.1, 0.15) is 28.6 Å². The van der Waals surface area contributed by atoms with Gasteiger partial charge >= 0.3 is 0 Å². The van der Waals surface area contributed by atoms with Gasteiger partial charge in [-0.05, 0) is 42.0 Å². The molecule has 0 fully saturated rings. The van der Waals surface area contributed by atoms with E-state index in [1.807, 2.05) is 48.5 Å². The monoisotopic (exact) mass is 425 g/mol. The molecule has 0 aliphatic carbocycles. The lowest BCUT2D eigenvalue weighted by Gasteiger charge is -2.06. The van der Waals surface area contributed by atoms with Gasteiger partial charge in [0.2, 0.25) is 0 Å². The Morgan fingerprint density at radius 3 is 2.50 bits per heavy atom. The Hall–Kier alpha value is -2.37. The molecule has 0 unspecified atom stereocenters. The van der Waals surface area contributed by atoms with Crippen LogP contribution < -0.4 is 9.47 Å². The van der Waals surface area contributed by atoms with Crippen molar-refractivity contribution in [2.45, 2.75) is 6.61 Å². The van der Waals surface area contributed by atoms with Gasteiger partial charge in [-0.25, -0.2) is 4.98 Å². The number of halogens is 1. The molecule has 0 saturated heterocycles. The number of thiazole rings is 1. The third-order valence-electron chi connectivity index (χ3n) is 3.99. The largest absolute Gasteiger partial charge is 0.494 e. The summed E-state index contributed by atoms with van der Waals surface area (Å²) in [5, 5.41) is 0.964. The number of ether oxygens (including phenoxy) is 2. The van der Waals surface area contributed by atoms with Gasteiger partial charge in [0.25, 0.3) is 0 Å². The topological polar surface area (TPSA) is 31.4 Å². The molecule has 5 heteroatoms. The number of rotatable bonds is 5. The van der Waals surface area contributed by atoms with E-state index >= 15 is 0 Å². The Labute approximate surface area is 164 Å². The lowest BCUT2D eigenvalue weighted by atomic mass is 10.2. The molecule has 0 saturated carbocycles. The van der Waals surface area contributed by atoms with E-state index in [2.05, 4.69) is 34.1 Å². The summed E-state index contributed by atoms with van der Waals surface area (Å²) in [7, 11) is 1.67. The first kappa shape index (κ1) is 17.1. The summed E-state index contributed by atoms with van der Waals surface area (Å²) in [5.41, 5.74) is 3.11. The second kappa shape index (κ2) is 7.48. The second-order valence-corrected chi connectivity index (χ2v) is 7.72. The standard InChI is InChI=1S/C21H16BrNO2S/c1-24-18-11-16(22)12-19-20(18)23-21(26-19)15-7-9-17(10-8-15)25-13-14-5-3-2-4-6-14/h2-12H,13H2,1H3. The summed E-state index contributed by atoms with van der Waals surface area (Å²) in [5.74, 6) is 1.62. The lowest BCUT2D eigenvalue weighted by Crippen LogP contribution is -1.94. The van der Waals surface area contributed by atoms with Gasteiger partial charge in [-0.3, -0.25) is 0 Å². The van der Waals surface area contributed by atoms with E-state index in [1.165, 1.54) is 0 Å². The predicted octanol–water partition coefficient (Wildman–Crippen LogP) is 6.31. The lowest BCUT2D eigenvalue weighted by molar-refractivity contribution is 0.306. The third kappa shape index (κ3) is 3.59. The zero-order chi connectivity index (χ0) is 17.9. The van der Waals surface area contributed by atoms with Gasteiger partial charge in [0.15, 0.2) is 0 Å². The first-order valence-electron chi connectivity index (χ1n) is 8.14. The van der Waals surface area contributed by atoms with E-state index in [9.17, 15) is 0 Å². The van der Waals surface area contributed by atoms with Crippen molar-refractivity contribution in [1.29, 1.82) is 0 Å². The highest BCUT2D eigenvalue weighted by atomic mass is 79.9. The molecule has 4 aromatic rings. The van der Waals surface area contributed by atoms with Crippen molar-refractivity contribution in [2.75, 3.05) is 7.11 Å². The van der Waals surface area contributed by atoms with Crippen molar-refractivity contribution < 1.29 is 9.47 Å². The van der Waals surface area contributed by atoms with Gasteiger partial charge < -0.3 is 9.47 Å². The van der Waals surface area contributed by atoms with Gasteiger partial charge in [-0.2, -0.15) is 0 Å². The number of benzene rings is 3. The fourth-order valence-electron chi connectivity index (χ4n) is 2.68. The van der Waals surface area contributed by atoms with E-state index in [0.717, 1.165) is 42.3 Å². The Morgan fingerprint density at radius 2 is 1.77 bits per heavy atom. The average molecular weight is 426 g/mol. The van der Waals surface area contributed by atoms with Crippen LogP contribution in [0.4, 0.5) is 0 Å². The van der Waals surface area contributed by atoms with Gasteiger partial charge in [0.05, 0.1) is 11.8 Å².